The molecule has 1 heterocycles. The van der Waals surface area contributed by atoms with Crippen molar-refractivity contribution in [3.63, 3.8) is 0 Å². The predicted molar refractivity (Wildman–Crippen MR) is 167 cm³/mol. The fraction of sp³-hybridized carbons (Fsp3) is 0.176. The molecule has 7 heteroatoms. The molecule has 0 saturated carbocycles. The predicted octanol–water partition coefficient (Wildman–Crippen LogP) is 6.69. The number of carbonyl (C=O) groups is 1. The third-order valence-corrected chi connectivity index (χ3v) is 8.05. The van der Waals surface area contributed by atoms with Crippen molar-refractivity contribution in [2.24, 2.45) is 0 Å². The van der Waals surface area contributed by atoms with E-state index in [1.54, 1.807) is 6.07 Å². The van der Waals surface area contributed by atoms with Crippen LogP contribution in [0, 0.1) is 0 Å². The van der Waals surface area contributed by atoms with Gasteiger partial charge in [-0.15, -0.1) is 0 Å². The zero-order valence-electron chi connectivity index (χ0n) is 23.6. The molecule has 210 valence electrons. The maximum Gasteiger partial charge on any atom is 0.407 e. The van der Waals surface area contributed by atoms with E-state index in [4.69, 9.17) is 14.0 Å². The second kappa shape index (κ2) is 14.8. The molecule has 0 fully saturated rings. The normalized spacial score (nSPS) is 10.8. The van der Waals surface area contributed by atoms with Gasteiger partial charge < -0.3 is 19.3 Å². The van der Waals surface area contributed by atoms with Gasteiger partial charge in [-0.05, 0) is 49.8 Å². The number of hydrogen-bond donors (Lipinski definition) is 1. The van der Waals surface area contributed by atoms with E-state index in [1.807, 2.05) is 51.1 Å². The van der Waals surface area contributed by atoms with Crippen molar-refractivity contribution in [1.29, 1.82) is 0 Å². The lowest BCUT2D eigenvalue weighted by atomic mass is 10.2. The Balaban J connectivity index is 0.000000191. The summed E-state index contributed by atoms with van der Waals surface area (Å²) in [7, 11) is -0.446. The van der Waals surface area contributed by atoms with Gasteiger partial charge in [0.15, 0.2) is 5.76 Å². The Morgan fingerprint density at radius 2 is 1.22 bits per heavy atom. The molecule has 0 bridgehead atoms. The van der Waals surface area contributed by atoms with E-state index in [0.717, 1.165) is 5.56 Å². The minimum absolute atomic E-state index is 0.278. The topological polar surface area (TPSA) is 73.6 Å². The first kappa shape index (κ1) is 29.6. The maximum atomic E-state index is 11.4. The van der Waals surface area contributed by atoms with Crippen molar-refractivity contribution in [3.8, 4) is 17.2 Å². The molecule has 0 atom stereocenters. The average molecular weight is 567 g/mol. The maximum absolute atomic E-state index is 11.4. The van der Waals surface area contributed by atoms with Crippen LogP contribution in [0.1, 0.15) is 20.8 Å². The largest absolute Gasteiger partial charge is 0.474 e. The number of hydrogen-bond acceptors (Lipinski definition) is 5. The van der Waals surface area contributed by atoms with Gasteiger partial charge in [-0.3, -0.25) is 0 Å². The Hall–Kier alpha value is -4.41. The molecule has 5 rings (SSSR count). The van der Waals surface area contributed by atoms with Gasteiger partial charge in [0.1, 0.15) is 12.2 Å². The summed E-state index contributed by atoms with van der Waals surface area (Å²) in [5.41, 5.74) is 0.415. The third kappa shape index (κ3) is 9.63. The van der Waals surface area contributed by atoms with Gasteiger partial charge in [0.25, 0.3) is 5.88 Å². The summed E-state index contributed by atoms with van der Waals surface area (Å²) in [6, 6.07) is 43.7. The summed E-state index contributed by atoms with van der Waals surface area (Å²) in [5.74, 6) is 1.01. The monoisotopic (exact) mass is 566 g/mol. The quantitative estimate of drug-likeness (QED) is 0.167. The lowest BCUT2D eigenvalue weighted by Gasteiger charge is -2.19. The van der Waals surface area contributed by atoms with Crippen LogP contribution < -0.4 is 26.0 Å². The zero-order chi connectivity index (χ0) is 28.9. The number of ether oxygens (including phenoxy) is 2. The number of rotatable bonds is 8. The van der Waals surface area contributed by atoms with Gasteiger partial charge in [0.2, 0.25) is 0 Å². The zero-order valence-corrected chi connectivity index (χ0v) is 24.5. The molecular weight excluding hydrogens is 531 g/mol. The van der Waals surface area contributed by atoms with Gasteiger partial charge in [0, 0.05) is 11.6 Å². The molecule has 41 heavy (non-hydrogen) atoms. The third-order valence-electron chi connectivity index (χ3n) is 5.61. The van der Waals surface area contributed by atoms with Crippen LogP contribution in [0.25, 0.3) is 11.3 Å². The number of nitrogens with one attached hydrogen (secondary N) is 1. The van der Waals surface area contributed by atoms with Crippen LogP contribution in [0.4, 0.5) is 4.79 Å². The number of nitrogens with zero attached hydrogens (tertiary/aromatic N) is 1. The summed E-state index contributed by atoms with van der Waals surface area (Å²) in [6.07, 6.45) is -0.471. The molecule has 1 amide bonds. The van der Waals surface area contributed by atoms with Crippen molar-refractivity contribution in [3.05, 3.63) is 127 Å². The molecule has 4 aromatic carbocycles. The van der Waals surface area contributed by atoms with Crippen LogP contribution in [0.2, 0.25) is 0 Å². The van der Waals surface area contributed by atoms with E-state index in [-0.39, 0.29) is 6.61 Å². The number of alkyl carbamates (subject to hydrolysis) is 1. The molecule has 0 unspecified atom stereocenters. The Labute approximate surface area is 243 Å². The molecule has 6 nitrogen and oxygen atoms in total. The van der Waals surface area contributed by atoms with Crippen molar-refractivity contribution in [2.45, 2.75) is 26.4 Å². The Morgan fingerprint density at radius 3 is 1.68 bits per heavy atom. The lowest BCUT2D eigenvalue weighted by molar-refractivity contribution is 0.0519. The van der Waals surface area contributed by atoms with Crippen molar-refractivity contribution in [1.82, 2.24) is 10.5 Å². The van der Waals surface area contributed by atoms with Crippen LogP contribution in [0.15, 0.2) is 132 Å². The molecule has 1 N–H and O–H groups in total. The van der Waals surface area contributed by atoms with E-state index < -0.39 is 19.6 Å². The van der Waals surface area contributed by atoms with Gasteiger partial charge in [-0.2, -0.15) is 0 Å². The highest BCUT2D eigenvalue weighted by atomic mass is 31.1. The SMILES string of the molecule is CC(C)(C)OC(=O)NCCOc1cc(-c2ccccc2)on1.c1ccc(P(c2ccccc2)c2ccccc2)cc1. The number of aromatic nitrogens is 1. The Morgan fingerprint density at radius 1 is 0.756 bits per heavy atom. The summed E-state index contributed by atoms with van der Waals surface area (Å²) in [5, 5.41) is 10.6. The van der Waals surface area contributed by atoms with Gasteiger partial charge >= 0.3 is 6.09 Å². The number of benzene rings is 4. The van der Waals surface area contributed by atoms with Crippen LogP contribution in [0.5, 0.6) is 5.88 Å². The highest BCUT2D eigenvalue weighted by Gasteiger charge is 2.16. The first-order chi connectivity index (χ1) is 19.9. The molecule has 0 aliphatic rings. The number of carbonyl (C=O) groups excluding carboxylic acids is 1. The minimum Gasteiger partial charge on any atom is -0.474 e. The molecule has 5 aromatic rings. The summed E-state index contributed by atoms with van der Waals surface area (Å²) >= 11 is 0. The molecule has 0 aliphatic heterocycles. The van der Waals surface area contributed by atoms with Crippen LogP contribution >= 0.6 is 7.92 Å². The highest BCUT2D eigenvalue weighted by Crippen LogP contribution is 2.32. The van der Waals surface area contributed by atoms with E-state index in [9.17, 15) is 4.79 Å². The van der Waals surface area contributed by atoms with Crippen LogP contribution in [-0.4, -0.2) is 30.0 Å². The first-order valence-corrected chi connectivity index (χ1v) is 14.8. The average Bonchev–Trinajstić information content (AvgIpc) is 3.46. The first-order valence-electron chi connectivity index (χ1n) is 13.5. The Bertz CT molecular complexity index is 1360. The lowest BCUT2D eigenvalue weighted by Crippen LogP contribution is -2.34. The van der Waals surface area contributed by atoms with Gasteiger partial charge in [-0.25, -0.2) is 4.79 Å². The van der Waals surface area contributed by atoms with E-state index in [1.165, 1.54) is 15.9 Å². The van der Waals surface area contributed by atoms with Gasteiger partial charge in [0.05, 0.1) is 6.54 Å². The highest BCUT2D eigenvalue weighted by molar-refractivity contribution is 7.79. The molecule has 0 spiro atoms. The number of amides is 1. The van der Waals surface area contributed by atoms with E-state index in [0.29, 0.717) is 18.2 Å². The second-order valence-corrected chi connectivity index (χ2v) is 12.2. The smallest absolute Gasteiger partial charge is 0.407 e. The molecule has 0 radical (unpaired) electrons. The van der Waals surface area contributed by atoms with E-state index >= 15 is 0 Å². The van der Waals surface area contributed by atoms with Crippen molar-refractivity contribution in [2.75, 3.05) is 13.2 Å². The molecule has 0 saturated heterocycles. The molecule has 0 aliphatic carbocycles. The Kier molecular flexibility index (Phi) is 10.7. The standard InChI is InChI=1S/C18H15P.C16H20N2O4/c1-4-10-16(11-5-1)19(17-12-6-2-7-13-17)18-14-8-3-9-15-18;1-16(2,3)21-15(19)17-9-10-20-14-11-13(22-18-14)12-7-5-4-6-8-12/h1-15H;4-8,11H,9-10H2,1-3H3,(H,17,19). The van der Waals surface area contributed by atoms with Crippen LogP contribution in [-0.2, 0) is 4.74 Å². The fourth-order valence-electron chi connectivity index (χ4n) is 3.87. The van der Waals surface area contributed by atoms with Crippen molar-refractivity contribution >= 4 is 29.9 Å². The minimum atomic E-state index is -0.512. The summed E-state index contributed by atoms with van der Waals surface area (Å²) in [6.45, 7) is 6.03. The van der Waals surface area contributed by atoms with Crippen molar-refractivity contribution < 1.29 is 18.8 Å². The second-order valence-electron chi connectivity index (χ2n) is 10.0. The fourth-order valence-corrected chi connectivity index (χ4v) is 6.17. The van der Waals surface area contributed by atoms with E-state index in [2.05, 4.69) is 101 Å². The van der Waals surface area contributed by atoms with Crippen LogP contribution in [0.3, 0.4) is 0 Å². The summed E-state index contributed by atoms with van der Waals surface area (Å²) in [4.78, 5) is 11.4. The van der Waals surface area contributed by atoms with Gasteiger partial charge in [-0.1, -0.05) is 121 Å². The molecular formula is C34H35N2O4P. The summed E-state index contributed by atoms with van der Waals surface area (Å²) < 4.78 is 15.7. The molecule has 1 aromatic heterocycles.